The van der Waals surface area contributed by atoms with Crippen molar-refractivity contribution in [1.82, 2.24) is 4.90 Å². The number of nitrogens with one attached hydrogen (secondary N) is 1. The second kappa shape index (κ2) is 7.32. The molecule has 1 aromatic rings. The Morgan fingerprint density at radius 1 is 1.10 bits per heavy atom. The number of carbonyl (C=O) groups excluding carboxylic acids is 1. The Hall–Kier alpha value is -1.51. The Balaban J connectivity index is 1.89. The molecule has 1 heterocycles. The maximum absolute atomic E-state index is 12.3. The van der Waals surface area contributed by atoms with E-state index in [4.69, 9.17) is 0 Å². The highest BCUT2D eigenvalue weighted by Crippen LogP contribution is 2.18. The zero-order valence-corrected chi connectivity index (χ0v) is 12.7. The molecule has 1 aliphatic rings. The highest BCUT2D eigenvalue weighted by molar-refractivity contribution is 5.81. The van der Waals surface area contributed by atoms with Crippen molar-refractivity contribution in [3.63, 3.8) is 0 Å². The number of nitrogens with zero attached hydrogens (tertiary/aromatic N) is 1. The minimum absolute atomic E-state index is 0.229. The van der Waals surface area contributed by atoms with Gasteiger partial charge in [0.2, 0.25) is 5.91 Å². The van der Waals surface area contributed by atoms with Crippen LogP contribution in [0, 0.1) is 13.8 Å². The van der Waals surface area contributed by atoms with Gasteiger partial charge in [-0.05, 0) is 43.9 Å². The van der Waals surface area contributed by atoms with Gasteiger partial charge < -0.3 is 10.2 Å². The fourth-order valence-electron chi connectivity index (χ4n) is 2.72. The van der Waals surface area contributed by atoms with Crippen molar-refractivity contribution in [1.29, 1.82) is 0 Å². The number of hydrogen-bond donors (Lipinski definition) is 1. The van der Waals surface area contributed by atoms with Gasteiger partial charge in [-0.3, -0.25) is 4.79 Å². The minimum Gasteiger partial charge on any atom is -0.376 e. The molecule has 20 heavy (non-hydrogen) atoms. The second-order valence-corrected chi connectivity index (χ2v) is 5.75. The van der Waals surface area contributed by atoms with Crippen molar-refractivity contribution in [3.8, 4) is 0 Å². The normalized spacial score (nSPS) is 16.4. The molecule has 3 heteroatoms. The van der Waals surface area contributed by atoms with Crippen molar-refractivity contribution < 1.29 is 4.79 Å². The van der Waals surface area contributed by atoms with Gasteiger partial charge >= 0.3 is 0 Å². The van der Waals surface area contributed by atoms with Gasteiger partial charge in [0.05, 0.1) is 6.54 Å². The lowest BCUT2D eigenvalue weighted by atomic mass is 10.1. The van der Waals surface area contributed by atoms with Crippen LogP contribution in [-0.2, 0) is 4.79 Å². The Morgan fingerprint density at radius 3 is 2.45 bits per heavy atom. The lowest BCUT2D eigenvalue weighted by molar-refractivity contribution is -0.129. The third kappa shape index (κ3) is 3.99. The Labute approximate surface area is 122 Å². The molecule has 0 aliphatic carbocycles. The quantitative estimate of drug-likeness (QED) is 0.915. The maximum atomic E-state index is 12.3. The van der Waals surface area contributed by atoms with Crippen LogP contribution in [0.1, 0.15) is 43.2 Å². The first-order chi connectivity index (χ1) is 9.68. The molecule has 0 aromatic heterocycles. The fraction of sp³-hybridized carbons (Fsp3) is 0.588. The van der Waals surface area contributed by atoms with E-state index in [1.165, 1.54) is 30.4 Å². The van der Waals surface area contributed by atoms with E-state index in [1.807, 2.05) is 17.0 Å². The standard InChI is InChI=1S/C17H26N2O/c1-14-9-8-10-16(15(14)2)18-13-17(20)19-11-6-4-3-5-7-12-19/h8-10,18H,3-7,11-13H2,1-2H3. The van der Waals surface area contributed by atoms with Gasteiger partial charge in [0.15, 0.2) is 0 Å². The fourth-order valence-corrected chi connectivity index (χ4v) is 2.72. The summed E-state index contributed by atoms with van der Waals surface area (Å²) in [5.74, 6) is 0.229. The van der Waals surface area contributed by atoms with E-state index in [0.29, 0.717) is 6.54 Å². The van der Waals surface area contributed by atoms with Crippen molar-refractivity contribution in [2.75, 3.05) is 25.0 Å². The molecule has 0 spiro atoms. The molecule has 0 atom stereocenters. The van der Waals surface area contributed by atoms with Crippen LogP contribution in [0.25, 0.3) is 0 Å². The molecule has 1 aromatic carbocycles. The lowest BCUT2D eigenvalue weighted by Gasteiger charge is -2.25. The number of amides is 1. The molecule has 1 amide bonds. The highest BCUT2D eigenvalue weighted by Gasteiger charge is 2.14. The average molecular weight is 274 g/mol. The van der Waals surface area contributed by atoms with Gasteiger partial charge in [-0.2, -0.15) is 0 Å². The number of aryl methyl sites for hydroxylation is 1. The van der Waals surface area contributed by atoms with Gasteiger partial charge in [0, 0.05) is 18.8 Å². The highest BCUT2D eigenvalue weighted by atomic mass is 16.2. The molecule has 0 saturated carbocycles. The maximum Gasteiger partial charge on any atom is 0.241 e. The van der Waals surface area contributed by atoms with E-state index in [-0.39, 0.29) is 5.91 Å². The van der Waals surface area contributed by atoms with Crippen LogP contribution in [0.15, 0.2) is 18.2 Å². The molecular weight excluding hydrogens is 248 g/mol. The number of likely N-dealkylation sites (tertiary alicyclic amines) is 1. The first-order valence-corrected chi connectivity index (χ1v) is 7.76. The van der Waals surface area contributed by atoms with Gasteiger partial charge in [0.1, 0.15) is 0 Å². The van der Waals surface area contributed by atoms with E-state index < -0.39 is 0 Å². The predicted octanol–water partition coefficient (Wildman–Crippen LogP) is 3.51. The molecule has 1 fully saturated rings. The van der Waals surface area contributed by atoms with Crippen LogP contribution in [0.3, 0.4) is 0 Å². The predicted molar refractivity (Wildman–Crippen MR) is 84.1 cm³/mol. The largest absolute Gasteiger partial charge is 0.376 e. The minimum atomic E-state index is 0.229. The summed E-state index contributed by atoms with van der Waals surface area (Å²) in [7, 11) is 0. The van der Waals surface area contributed by atoms with Crippen LogP contribution in [-0.4, -0.2) is 30.4 Å². The Bertz CT molecular complexity index is 448. The monoisotopic (exact) mass is 274 g/mol. The van der Waals surface area contributed by atoms with Crippen molar-refractivity contribution >= 4 is 11.6 Å². The second-order valence-electron chi connectivity index (χ2n) is 5.75. The summed E-state index contributed by atoms with van der Waals surface area (Å²) in [6.45, 7) is 6.45. The lowest BCUT2D eigenvalue weighted by Crippen LogP contribution is -2.37. The summed E-state index contributed by atoms with van der Waals surface area (Å²) in [5, 5.41) is 3.30. The van der Waals surface area contributed by atoms with E-state index in [9.17, 15) is 4.79 Å². The van der Waals surface area contributed by atoms with Crippen molar-refractivity contribution in [3.05, 3.63) is 29.3 Å². The SMILES string of the molecule is Cc1cccc(NCC(=O)N2CCCCCCC2)c1C. The average Bonchev–Trinajstić information content (AvgIpc) is 2.40. The zero-order chi connectivity index (χ0) is 14.4. The molecule has 0 radical (unpaired) electrons. The number of anilines is 1. The molecule has 0 unspecified atom stereocenters. The number of benzene rings is 1. The van der Waals surface area contributed by atoms with Crippen LogP contribution < -0.4 is 5.32 Å². The van der Waals surface area contributed by atoms with Crippen molar-refractivity contribution in [2.24, 2.45) is 0 Å². The van der Waals surface area contributed by atoms with E-state index in [2.05, 4.69) is 25.2 Å². The van der Waals surface area contributed by atoms with Crippen LogP contribution in [0.5, 0.6) is 0 Å². The number of hydrogen-bond acceptors (Lipinski definition) is 2. The van der Waals surface area contributed by atoms with Gasteiger partial charge in [-0.25, -0.2) is 0 Å². The zero-order valence-electron chi connectivity index (χ0n) is 12.7. The first kappa shape index (κ1) is 14.9. The number of carbonyl (C=O) groups is 1. The molecule has 2 rings (SSSR count). The molecule has 3 nitrogen and oxygen atoms in total. The van der Waals surface area contributed by atoms with Crippen molar-refractivity contribution in [2.45, 2.75) is 46.0 Å². The molecule has 110 valence electrons. The summed E-state index contributed by atoms with van der Waals surface area (Å²) in [6.07, 6.45) is 6.13. The third-order valence-corrected chi connectivity index (χ3v) is 4.24. The van der Waals surface area contributed by atoms with E-state index in [0.717, 1.165) is 31.6 Å². The van der Waals surface area contributed by atoms with E-state index >= 15 is 0 Å². The van der Waals surface area contributed by atoms with Crippen LogP contribution in [0.2, 0.25) is 0 Å². The summed E-state index contributed by atoms with van der Waals surface area (Å²) in [6, 6.07) is 6.18. The Kier molecular flexibility index (Phi) is 5.45. The van der Waals surface area contributed by atoms with E-state index in [1.54, 1.807) is 0 Å². The third-order valence-electron chi connectivity index (χ3n) is 4.24. The summed E-state index contributed by atoms with van der Waals surface area (Å²) in [4.78, 5) is 14.3. The molecule has 1 N–H and O–H groups in total. The molecular formula is C17H26N2O. The Morgan fingerprint density at radius 2 is 1.75 bits per heavy atom. The first-order valence-electron chi connectivity index (χ1n) is 7.76. The van der Waals surface area contributed by atoms with Gasteiger partial charge in [0.25, 0.3) is 0 Å². The molecule has 1 saturated heterocycles. The van der Waals surface area contributed by atoms with Gasteiger partial charge in [-0.15, -0.1) is 0 Å². The molecule has 0 bridgehead atoms. The summed E-state index contributed by atoms with van der Waals surface area (Å²) < 4.78 is 0. The summed E-state index contributed by atoms with van der Waals surface area (Å²) >= 11 is 0. The summed E-state index contributed by atoms with van der Waals surface area (Å²) in [5.41, 5.74) is 3.56. The molecule has 1 aliphatic heterocycles. The van der Waals surface area contributed by atoms with Crippen LogP contribution in [0.4, 0.5) is 5.69 Å². The topological polar surface area (TPSA) is 32.3 Å². The van der Waals surface area contributed by atoms with Crippen LogP contribution >= 0.6 is 0 Å². The van der Waals surface area contributed by atoms with Gasteiger partial charge in [-0.1, -0.05) is 31.4 Å². The smallest absolute Gasteiger partial charge is 0.241 e. The number of rotatable bonds is 3.